The van der Waals surface area contributed by atoms with E-state index in [9.17, 15) is 0 Å². The quantitative estimate of drug-likeness (QED) is 0.770. The zero-order valence-electron chi connectivity index (χ0n) is 10.0. The van der Waals surface area contributed by atoms with E-state index in [1.54, 1.807) is 0 Å². The van der Waals surface area contributed by atoms with E-state index in [2.05, 4.69) is 16.4 Å². The van der Waals surface area contributed by atoms with Crippen LogP contribution in [-0.4, -0.2) is 24.7 Å². The van der Waals surface area contributed by atoms with Crippen molar-refractivity contribution in [3.8, 4) is 6.07 Å². The third-order valence-corrected chi connectivity index (χ3v) is 2.20. The molecule has 0 radical (unpaired) electrons. The highest BCUT2D eigenvalue weighted by atomic mass is 16.5. The third-order valence-electron chi connectivity index (χ3n) is 2.20. The van der Waals surface area contributed by atoms with Gasteiger partial charge in [-0.1, -0.05) is 0 Å². The van der Waals surface area contributed by atoms with Gasteiger partial charge in [0.1, 0.15) is 11.9 Å². The lowest BCUT2D eigenvalue weighted by Crippen LogP contribution is -2.12. The number of pyridine rings is 1. The zero-order chi connectivity index (χ0) is 12.0. The van der Waals surface area contributed by atoms with E-state index in [4.69, 9.17) is 10.00 Å². The molecule has 0 aliphatic rings. The second kappa shape index (κ2) is 6.09. The molecular weight excluding hydrogens is 202 g/mol. The number of aromatic nitrogens is 1. The van der Waals surface area contributed by atoms with Crippen LogP contribution in [0.3, 0.4) is 0 Å². The second-order valence-electron chi connectivity index (χ2n) is 3.54. The van der Waals surface area contributed by atoms with E-state index >= 15 is 0 Å². The largest absolute Gasteiger partial charge is 0.380 e. The maximum Gasteiger partial charge on any atom is 0.144 e. The highest BCUT2D eigenvalue weighted by molar-refractivity contribution is 5.56. The minimum atomic E-state index is 0.613. The first kappa shape index (κ1) is 12.5. The van der Waals surface area contributed by atoms with Gasteiger partial charge in [0.25, 0.3) is 0 Å². The predicted molar refractivity (Wildman–Crippen MR) is 63.4 cm³/mol. The van der Waals surface area contributed by atoms with Crippen molar-refractivity contribution in [2.24, 2.45) is 0 Å². The van der Waals surface area contributed by atoms with Gasteiger partial charge in [0, 0.05) is 18.8 Å². The van der Waals surface area contributed by atoms with Crippen LogP contribution in [0.15, 0.2) is 6.07 Å². The van der Waals surface area contributed by atoms with Crippen molar-refractivity contribution in [2.75, 3.05) is 25.1 Å². The summed E-state index contributed by atoms with van der Waals surface area (Å²) < 4.78 is 5.22. The van der Waals surface area contributed by atoms with Gasteiger partial charge >= 0.3 is 0 Å². The van der Waals surface area contributed by atoms with Crippen LogP contribution < -0.4 is 5.32 Å². The van der Waals surface area contributed by atoms with Gasteiger partial charge in [0.05, 0.1) is 12.2 Å². The summed E-state index contributed by atoms with van der Waals surface area (Å²) in [6, 6.07) is 4.08. The molecule has 0 fully saturated rings. The lowest BCUT2D eigenvalue weighted by molar-refractivity contribution is 0.158. The Morgan fingerprint density at radius 3 is 2.88 bits per heavy atom. The normalized spacial score (nSPS) is 9.88. The highest BCUT2D eigenvalue weighted by Crippen LogP contribution is 2.16. The number of aryl methyl sites for hydroxylation is 2. The molecule has 4 nitrogen and oxygen atoms in total. The standard InChI is InChI=1S/C12H17N3O/c1-4-16-6-5-14-12-11(8-13)9(2)7-10(3)15-12/h7H,4-6H2,1-3H3,(H,14,15). The average Bonchev–Trinajstić information content (AvgIpc) is 2.24. The summed E-state index contributed by atoms with van der Waals surface area (Å²) in [5.74, 6) is 0.653. The highest BCUT2D eigenvalue weighted by Gasteiger charge is 2.07. The summed E-state index contributed by atoms with van der Waals surface area (Å²) in [5.41, 5.74) is 2.48. The molecule has 0 spiro atoms. The molecule has 0 unspecified atom stereocenters. The van der Waals surface area contributed by atoms with Crippen LogP contribution in [-0.2, 0) is 4.74 Å². The molecule has 1 aromatic rings. The van der Waals surface area contributed by atoms with Crippen LogP contribution in [0.5, 0.6) is 0 Å². The number of nitrogens with one attached hydrogen (secondary N) is 1. The SMILES string of the molecule is CCOCCNc1nc(C)cc(C)c1C#N. The fourth-order valence-corrected chi connectivity index (χ4v) is 1.49. The molecule has 4 heteroatoms. The Bertz CT molecular complexity index is 396. The smallest absolute Gasteiger partial charge is 0.144 e. The van der Waals surface area contributed by atoms with Crippen LogP contribution in [0.2, 0.25) is 0 Å². The van der Waals surface area contributed by atoms with Gasteiger partial charge in [-0.25, -0.2) is 4.98 Å². The first-order valence-electron chi connectivity index (χ1n) is 5.39. The summed E-state index contributed by atoms with van der Waals surface area (Å²) in [5, 5.41) is 12.2. The fourth-order valence-electron chi connectivity index (χ4n) is 1.49. The maximum absolute atomic E-state index is 9.03. The van der Waals surface area contributed by atoms with Crippen molar-refractivity contribution in [2.45, 2.75) is 20.8 Å². The Morgan fingerprint density at radius 1 is 1.50 bits per heavy atom. The van der Waals surface area contributed by atoms with Crippen LogP contribution in [0, 0.1) is 25.2 Å². The van der Waals surface area contributed by atoms with E-state index in [-0.39, 0.29) is 0 Å². The molecule has 1 heterocycles. The molecule has 1 N–H and O–H groups in total. The number of hydrogen-bond donors (Lipinski definition) is 1. The molecule has 1 aromatic heterocycles. The number of ether oxygens (including phenoxy) is 1. The van der Waals surface area contributed by atoms with Crippen molar-refractivity contribution < 1.29 is 4.74 Å². The maximum atomic E-state index is 9.03. The Balaban J connectivity index is 2.75. The van der Waals surface area contributed by atoms with E-state index in [0.29, 0.717) is 31.1 Å². The minimum absolute atomic E-state index is 0.613. The Labute approximate surface area is 96.3 Å². The predicted octanol–water partition coefficient (Wildman–Crippen LogP) is 2.02. The lowest BCUT2D eigenvalue weighted by atomic mass is 10.1. The summed E-state index contributed by atoms with van der Waals surface area (Å²) >= 11 is 0. The Morgan fingerprint density at radius 2 is 2.25 bits per heavy atom. The molecule has 0 saturated carbocycles. The number of rotatable bonds is 5. The van der Waals surface area contributed by atoms with Gasteiger partial charge < -0.3 is 10.1 Å². The number of nitriles is 1. The van der Waals surface area contributed by atoms with Gasteiger partial charge in [-0.3, -0.25) is 0 Å². The van der Waals surface area contributed by atoms with Crippen LogP contribution in [0.1, 0.15) is 23.7 Å². The van der Waals surface area contributed by atoms with Crippen molar-refractivity contribution in [3.63, 3.8) is 0 Å². The summed E-state index contributed by atoms with van der Waals surface area (Å²) in [6.45, 7) is 7.78. The van der Waals surface area contributed by atoms with Gasteiger partial charge in [-0.15, -0.1) is 0 Å². The molecule has 0 aliphatic heterocycles. The fraction of sp³-hybridized carbons (Fsp3) is 0.500. The van der Waals surface area contributed by atoms with Crippen LogP contribution in [0.25, 0.3) is 0 Å². The number of anilines is 1. The van der Waals surface area contributed by atoms with Crippen LogP contribution in [0.4, 0.5) is 5.82 Å². The average molecular weight is 219 g/mol. The van der Waals surface area contributed by atoms with E-state index in [0.717, 1.165) is 11.3 Å². The monoisotopic (exact) mass is 219 g/mol. The molecular formula is C12H17N3O. The van der Waals surface area contributed by atoms with E-state index < -0.39 is 0 Å². The Hall–Kier alpha value is -1.60. The number of hydrogen-bond acceptors (Lipinski definition) is 4. The minimum Gasteiger partial charge on any atom is -0.380 e. The Kier molecular flexibility index (Phi) is 4.74. The zero-order valence-corrected chi connectivity index (χ0v) is 10.0. The molecule has 0 bridgehead atoms. The van der Waals surface area contributed by atoms with Crippen LogP contribution >= 0.6 is 0 Å². The molecule has 0 atom stereocenters. The molecule has 0 aliphatic carbocycles. The number of nitrogens with zero attached hydrogens (tertiary/aromatic N) is 2. The molecule has 0 amide bonds. The summed E-state index contributed by atoms with van der Waals surface area (Å²) in [6.07, 6.45) is 0. The first-order chi connectivity index (χ1) is 7.69. The van der Waals surface area contributed by atoms with Gasteiger partial charge in [-0.05, 0) is 32.4 Å². The molecule has 0 saturated heterocycles. The van der Waals surface area contributed by atoms with Crippen molar-refractivity contribution in [1.82, 2.24) is 4.98 Å². The lowest BCUT2D eigenvalue weighted by Gasteiger charge is -2.10. The van der Waals surface area contributed by atoms with E-state index in [1.807, 2.05) is 26.8 Å². The first-order valence-corrected chi connectivity index (χ1v) is 5.39. The summed E-state index contributed by atoms with van der Waals surface area (Å²) in [7, 11) is 0. The van der Waals surface area contributed by atoms with E-state index in [1.165, 1.54) is 0 Å². The second-order valence-corrected chi connectivity index (χ2v) is 3.54. The van der Waals surface area contributed by atoms with Crippen molar-refractivity contribution >= 4 is 5.82 Å². The van der Waals surface area contributed by atoms with Crippen molar-refractivity contribution in [3.05, 3.63) is 22.9 Å². The molecule has 1 rings (SSSR count). The molecule has 0 aromatic carbocycles. The van der Waals surface area contributed by atoms with Crippen molar-refractivity contribution in [1.29, 1.82) is 5.26 Å². The van der Waals surface area contributed by atoms with Gasteiger partial charge in [-0.2, -0.15) is 5.26 Å². The molecule has 16 heavy (non-hydrogen) atoms. The molecule has 86 valence electrons. The summed E-state index contributed by atoms with van der Waals surface area (Å²) in [4.78, 5) is 4.31. The topological polar surface area (TPSA) is 57.9 Å². The third kappa shape index (κ3) is 3.21. The van der Waals surface area contributed by atoms with Gasteiger partial charge in [0.15, 0.2) is 0 Å². The van der Waals surface area contributed by atoms with Gasteiger partial charge in [0.2, 0.25) is 0 Å².